The number of nitrogens with one attached hydrogen (secondary N) is 1. The lowest BCUT2D eigenvalue weighted by molar-refractivity contribution is 0.155. The molecule has 1 atom stereocenters. The van der Waals surface area contributed by atoms with Crippen LogP contribution in [0.15, 0.2) is 29.3 Å². The van der Waals surface area contributed by atoms with E-state index in [9.17, 15) is 0 Å². The molecule has 23 heavy (non-hydrogen) atoms. The number of guanidine groups is 1. The minimum absolute atomic E-state index is 0.143. The maximum absolute atomic E-state index is 6.09. The molecular weight excluding hydrogens is 290 g/mol. The molecule has 1 aromatic rings. The number of hydrogen-bond donors (Lipinski definition) is 2. The fourth-order valence-corrected chi connectivity index (χ4v) is 2.86. The van der Waals surface area contributed by atoms with Crippen molar-refractivity contribution in [3.05, 3.63) is 29.8 Å². The van der Waals surface area contributed by atoms with Gasteiger partial charge in [-0.15, -0.1) is 0 Å². The Labute approximate surface area is 139 Å². The van der Waals surface area contributed by atoms with Crippen LogP contribution in [0.1, 0.15) is 44.6 Å². The van der Waals surface area contributed by atoms with E-state index in [1.165, 1.54) is 19.3 Å². The van der Waals surface area contributed by atoms with Crippen molar-refractivity contribution >= 4 is 5.96 Å². The van der Waals surface area contributed by atoms with Crippen molar-refractivity contribution in [2.45, 2.75) is 57.7 Å². The van der Waals surface area contributed by atoms with E-state index in [2.05, 4.69) is 16.4 Å². The third-order valence-corrected chi connectivity index (χ3v) is 4.00. The second-order valence-corrected chi connectivity index (χ2v) is 6.23. The van der Waals surface area contributed by atoms with Gasteiger partial charge in [0.2, 0.25) is 0 Å². The Hall–Kier alpha value is -1.75. The maximum atomic E-state index is 6.09. The first-order chi connectivity index (χ1) is 11.2. The van der Waals surface area contributed by atoms with Gasteiger partial charge >= 0.3 is 0 Å². The molecule has 0 aromatic heterocycles. The van der Waals surface area contributed by atoms with Crippen LogP contribution in [0.5, 0.6) is 5.75 Å². The molecule has 0 spiro atoms. The Bertz CT molecular complexity index is 499. The fourth-order valence-electron chi connectivity index (χ4n) is 2.86. The number of aliphatic imine (C=N–C) groups is 1. The van der Waals surface area contributed by atoms with Gasteiger partial charge < -0.3 is 20.5 Å². The third-order valence-electron chi connectivity index (χ3n) is 4.00. The van der Waals surface area contributed by atoms with Crippen molar-refractivity contribution in [2.75, 3.05) is 13.7 Å². The molecule has 0 bridgehead atoms. The summed E-state index contributed by atoms with van der Waals surface area (Å²) >= 11 is 0. The molecule has 1 aliphatic rings. The lowest BCUT2D eigenvalue weighted by Crippen LogP contribution is -2.40. The first kappa shape index (κ1) is 17.6. The van der Waals surface area contributed by atoms with Gasteiger partial charge in [0.15, 0.2) is 5.96 Å². The first-order valence-electron chi connectivity index (χ1n) is 8.48. The van der Waals surface area contributed by atoms with Gasteiger partial charge in [-0.1, -0.05) is 18.6 Å². The Morgan fingerprint density at radius 2 is 2.13 bits per heavy atom. The smallest absolute Gasteiger partial charge is 0.189 e. The lowest BCUT2D eigenvalue weighted by atomic mass is 9.98. The van der Waals surface area contributed by atoms with Crippen LogP contribution >= 0.6 is 0 Å². The zero-order valence-electron chi connectivity index (χ0n) is 14.3. The van der Waals surface area contributed by atoms with Crippen molar-refractivity contribution in [3.63, 3.8) is 0 Å². The summed E-state index contributed by atoms with van der Waals surface area (Å²) in [6, 6.07) is 8.28. The molecular formula is C18H29N3O2. The topological polar surface area (TPSA) is 68.9 Å². The van der Waals surface area contributed by atoms with Crippen LogP contribution in [0.25, 0.3) is 0 Å². The molecule has 128 valence electrons. The Kier molecular flexibility index (Phi) is 7.20. The van der Waals surface area contributed by atoms with Crippen LogP contribution in [0.3, 0.4) is 0 Å². The molecule has 1 saturated carbocycles. The predicted molar refractivity (Wildman–Crippen MR) is 93.7 cm³/mol. The number of benzene rings is 1. The van der Waals surface area contributed by atoms with E-state index in [1.807, 2.05) is 25.1 Å². The van der Waals surface area contributed by atoms with Crippen LogP contribution in [-0.4, -0.2) is 31.8 Å². The van der Waals surface area contributed by atoms with E-state index in [4.69, 9.17) is 15.2 Å². The molecule has 1 unspecified atom stereocenters. The molecule has 5 heteroatoms. The zero-order chi connectivity index (χ0) is 16.5. The molecule has 1 aromatic carbocycles. The lowest BCUT2D eigenvalue weighted by Gasteiger charge is -2.23. The van der Waals surface area contributed by atoms with Crippen molar-refractivity contribution in [1.29, 1.82) is 0 Å². The van der Waals surface area contributed by atoms with Gasteiger partial charge in [-0.25, -0.2) is 4.99 Å². The van der Waals surface area contributed by atoms with Crippen LogP contribution in [-0.2, 0) is 11.3 Å². The fraction of sp³-hybridized carbons (Fsp3) is 0.611. The molecule has 0 saturated heterocycles. The van der Waals surface area contributed by atoms with Gasteiger partial charge in [0.25, 0.3) is 0 Å². The highest BCUT2D eigenvalue weighted by atomic mass is 16.5. The average molecular weight is 319 g/mol. The third kappa shape index (κ3) is 6.48. The quantitative estimate of drug-likeness (QED) is 0.599. The monoisotopic (exact) mass is 319 g/mol. The molecule has 2 rings (SSSR count). The first-order valence-corrected chi connectivity index (χ1v) is 8.48. The van der Waals surface area contributed by atoms with Crippen LogP contribution in [0, 0.1) is 0 Å². The highest BCUT2D eigenvalue weighted by molar-refractivity contribution is 5.78. The van der Waals surface area contributed by atoms with Gasteiger partial charge in [-0.3, -0.25) is 0 Å². The van der Waals surface area contributed by atoms with E-state index in [0.717, 1.165) is 24.2 Å². The summed E-state index contributed by atoms with van der Waals surface area (Å²) in [4.78, 5) is 4.38. The highest BCUT2D eigenvalue weighted by Crippen LogP contribution is 2.24. The van der Waals surface area contributed by atoms with E-state index in [0.29, 0.717) is 25.2 Å². The molecule has 0 amide bonds. The standard InChI is InChI=1S/C18H29N3O2/c1-14(13-22-2)21-18(19)20-12-15-7-6-10-17(11-15)23-16-8-4-3-5-9-16/h6-7,10-11,14,16H,3-5,8-9,12-13H2,1-2H3,(H3,19,20,21). The Morgan fingerprint density at radius 1 is 1.35 bits per heavy atom. The summed E-state index contributed by atoms with van der Waals surface area (Å²) in [5.41, 5.74) is 6.99. The van der Waals surface area contributed by atoms with Crippen LogP contribution in [0.2, 0.25) is 0 Å². The summed E-state index contributed by atoms with van der Waals surface area (Å²) in [6.07, 6.45) is 6.58. The second-order valence-electron chi connectivity index (χ2n) is 6.23. The molecule has 1 aliphatic carbocycles. The van der Waals surface area contributed by atoms with E-state index < -0.39 is 0 Å². The maximum Gasteiger partial charge on any atom is 0.189 e. The van der Waals surface area contributed by atoms with E-state index in [-0.39, 0.29) is 6.04 Å². The SMILES string of the molecule is COCC(C)NC(N)=NCc1cccc(OC2CCCCC2)c1. The molecule has 3 N–H and O–H groups in total. The largest absolute Gasteiger partial charge is 0.490 e. The average Bonchev–Trinajstić information content (AvgIpc) is 2.54. The minimum atomic E-state index is 0.143. The van der Waals surface area contributed by atoms with E-state index >= 15 is 0 Å². The summed E-state index contributed by atoms with van der Waals surface area (Å²) in [5, 5.41) is 3.10. The molecule has 0 aliphatic heterocycles. The van der Waals surface area contributed by atoms with Gasteiger partial charge in [0.1, 0.15) is 5.75 Å². The summed E-state index contributed by atoms with van der Waals surface area (Å²) in [7, 11) is 1.67. The van der Waals surface area contributed by atoms with Crippen LogP contribution in [0.4, 0.5) is 0 Å². The highest BCUT2D eigenvalue weighted by Gasteiger charge is 2.14. The Morgan fingerprint density at radius 3 is 2.87 bits per heavy atom. The van der Waals surface area contributed by atoms with Gasteiger partial charge in [-0.2, -0.15) is 0 Å². The van der Waals surface area contributed by atoms with Crippen molar-refractivity contribution in [3.8, 4) is 5.75 Å². The minimum Gasteiger partial charge on any atom is -0.490 e. The Balaban J connectivity index is 1.86. The van der Waals surface area contributed by atoms with Crippen molar-refractivity contribution < 1.29 is 9.47 Å². The molecule has 5 nitrogen and oxygen atoms in total. The number of nitrogens with two attached hydrogens (primary N) is 1. The van der Waals surface area contributed by atoms with Gasteiger partial charge in [0.05, 0.1) is 19.3 Å². The second kappa shape index (κ2) is 9.40. The van der Waals surface area contributed by atoms with E-state index in [1.54, 1.807) is 7.11 Å². The molecule has 1 fully saturated rings. The predicted octanol–water partition coefficient (Wildman–Crippen LogP) is 2.84. The number of rotatable bonds is 7. The molecule has 0 radical (unpaired) electrons. The number of nitrogens with zero attached hydrogens (tertiary/aromatic N) is 1. The summed E-state index contributed by atoms with van der Waals surface area (Å²) in [6.45, 7) is 3.14. The van der Waals surface area contributed by atoms with Crippen molar-refractivity contribution in [1.82, 2.24) is 5.32 Å². The summed E-state index contributed by atoms with van der Waals surface area (Å²) < 4.78 is 11.2. The van der Waals surface area contributed by atoms with Gasteiger partial charge in [0, 0.05) is 13.2 Å². The van der Waals surface area contributed by atoms with Crippen molar-refractivity contribution in [2.24, 2.45) is 10.7 Å². The summed E-state index contributed by atoms with van der Waals surface area (Å²) in [5.74, 6) is 1.37. The molecule has 0 heterocycles. The van der Waals surface area contributed by atoms with Gasteiger partial charge in [-0.05, 0) is 50.3 Å². The number of hydrogen-bond acceptors (Lipinski definition) is 3. The number of methoxy groups -OCH3 is 1. The number of ether oxygens (including phenoxy) is 2. The normalized spacial score (nSPS) is 17.7. The zero-order valence-corrected chi connectivity index (χ0v) is 14.3. The van der Waals surface area contributed by atoms with Crippen LogP contribution < -0.4 is 15.8 Å².